The molecule has 0 saturated carbocycles. The lowest BCUT2D eigenvalue weighted by Gasteiger charge is -2.25. The first-order valence-corrected chi connectivity index (χ1v) is 8.36. The average Bonchev–Trinajstić information content (AvgIpc) is 3.23. The Morgan fingerprint density at radius 2 is 2.14 bits per heavy atom. The van der Waals surface area contributed by atoms with Crippen LogP contribution in [0.25, 0.3) is 0 Å². The van der Waals surface area contributed by atoms with E-state index in [0.29, 0.717) is 0 Å². The molecule has 0 atom stereocenters. The number of nitrogens with zero attached hydrogens (tertiary/aromatic N) is 4. The van der Waals surface area contributed by atoms with Gasteiger partial charge < -0.3 is 9.09 Å². The monoisotopic (exact) mass is 314 g/mol. The Bertz CT molecular complexity index is 759. The average molecular weight is 314 g/mol. The van der Waals surface area contributed by atoms with Crippen LogP contribution >= 0.6 is 11.3 Å². The van der Waals surface area contributed by atoms with Gasteiger partial charge in [0.2, 0.25) is 0 Å². The van der Waals surface area contributed by atoms with E-state index in [1.54, 1.807) is 11.3 Å². The van der Waals surface area contributed by atoms with Crippen LogP contribution in [0.3, 0.4) is 0 Å². The molecule has 0 radical (unpaired) electrons. The number of thiazole rings is 1. The van der Waals surface area contributed by atoms with Crippen molar-refractivity contribution < 1.29 is 4.52 Å². The quantitative estimate of drug-likeness (QED) is 0.743. The predicted molar refractivity (Wildman–Crippen MR) is 84.7 cm³/mol. The van der Waals surface area contributed by atoms with Gasteiger partial charge in [-0.25, -0.2) is 4.98 Å². The number of aryl methyl sites for hydroxylation is 1. The van der Waals surface area contributed by atoms with Crippen molar-refractivity contribution in [3.8, 4) is 0 Å². The molecule has 5 nitrogen and oxygen atoms in total. The van der Waals surface area contributed by atoms with Crippen LogP contribution in [0, 0.1) is 6.92 Å². The van der Waals surface area contributed by atoms with E-state index < -0.39 is 0 Å². The van der Waals surface area contributed by atoms with Crippen LogP contribution in [-0.4, -0.2) is 26.2 Å². The maximum absolute atomic E-state index is 5.53. The fraction of sp³-hybridized carbons (Fsp3) is 0.375. The standard InChI is InChI=1S/C16H18N4OS/c1-12-17-13(11-22-12)8-20-7-4-16-14(9-20)15(18-21-16)10-19-5-2-3-6-19/h2-3,5-6,11H,4,7-10H2,1H3. The van der Waals surface area contributed by atoms with Crippen molar-refractivity contribution in [3.63, 3.8) is 0 Å². The lowest BCUT2D eigenvalue weighted by Crippen LogP contribution is -2.30. The summed E-state index contributed by atoms with van der Waals surface area (Å²) < 4.78 is 7.66. The summed E-state index contributed by atoms with van der Waals surface area (Å²) in [6, 6.07) is 4.06. The first-order chi connectivity index (χ1) is 10.8. The molecule has 4 heterocycles. The zero-order chi connectivity index (χ0) is 14.9. The topological polar surface area (TPSA) is 47.1 Å². The van der Waals surface area contributed by atoms with Gasteiger partial charge in [0.1, 0.15) is 11.5 Å². The number of rotatable bonds is 4. The lowest BCUT2D eigenvalue weighted by atomic mass is 10.1. The lowest BCUT2D eigenvalue weighted by molar-refractivity contribution is 0.226. The number of hydrogen-bond acceptors (Lipinski definition) is 5. The zero-order valence-electron chi connectivity index (χ0n) is 12.5. The molecule has 1 aliphatic heterocycles. The van der Waals surface area contributed by atoms with E-state index in [0.717, 1.165) is 54.8 Å². The summed E-state index contributed by atoms with van der Waals surface area (Å²) >= 11 is 1.71. The molecule has 0 fully saturated rings. The SMILES string of the molecule is Cc1nc(CN2CCc3onc(Cn4cccc4)c3C2)cs1. The highest BCUT2D eigenvalue weighted by Gasteiger charge is 2.24. The summed E-state index contributed by atoms with van der Waals surface area (Å²) in [5.74, 6) is 1.05. The molecular formula is C16H18N4OS. The van der Waals surface area contributed by atoms with Crippen molar-refractivity contribution in [3.05, 3.63) is 57.6 Å². The summed E-state index contributed by atoms with van der Waals surface area (Å²) in [6.45, 7) is 5.62. The van der Waals surface area contributed by atoms with Gasteiger partial charge in [0.15, 0.2) is 0 Å². The predicted octanol–water partition coefficient (Wildman–Crippen LogP) is 2.85. The third-order valence-corrected chi connectivity index (χ3v) is 4.86. The van der Waals surface area contributed by atoms with Crippen molar-refractivity contribution in [1.29, 1.82) is 0 Å². The van der Waals surface area contributed by atoms with Gasteiger partial charge in [-0.05, 0) is 19.1 Å². The first-order valence-electron chi connectivity index (χ1n) is 7.48. The van der Waals surface area contributed by atoms with Crippen molar-refractivity contribution in [2.45, 2.75) is 33.0 Å². The van der Waals surface area contributed by atoms with Crippen LogP contribution < -0.4 is 0 Å². The van der Waals surface area contributed by atoms with Gasteiger partial charge in [-0.3, -0.25) is 4.90 Å². The Balaban J connectivity index is 1.50. The minimum atomic E-state index is 0.773. The van der Waals surface area contributed by atoms with Crippen molar-refractivity contribution in [2.24, 2.45) is 0 Å². The summed E-state index contributed by atoms with van der Waals surface area (Å²) in [5, 5.41) is 7.56. The smallest absolute Gasteiger partial charge is 0.142 e. The van der Waals surface area contributed by atoms with Crippen LogP contribution in [0.4, 0.5) is 0 Å². The highest BCUT2D eigenvalue weighted by molar-refractivity contribution is 7.09. The summed E-state index contributed by atoms with van der Waals surface area (Å²) in [7, 11) is 0. The molecular weight excluding hydrogens is 296 g/mol. The van der Waals surface area contributed by atoms with Crippen LogP contribution in [0.15, 0.2) is 34.4 Å². The normalized spacial score (nSPS) is 15.1. The van der Waals surface area contributed by atoms with Gasteiger partial charge in [-0.15, -0.1) is 11.3 Å². The second-order valence-electron chi connectivity index (χ2n) is 5.70. The van der Waals surface area contributed by atoms with E-state index in [1.807, 2.05) is 12.1 Å². The molecule has 6 heteroatoms. The second kappa shape index (κ2) is 5.70. The number of aromatic nitrogens is 3. The van der Waals surface area contributed by atoms with Crippen molar-refractivity contribution in [1.82, 2.24) is 19.6 Å². The molecule has 3 aromatic heterocycles. The molecule has 0 unspecified atom stereocenters. The molecule has 0 amide bonds. The molecule has 4 rings (SSSR count). The summed E-state index contributed by atoms with van der Waals surface area (Å²) in [4.78, 5) is 6.99. The minimum absolute atomic E-state index is 0.773. The van der Waals surface area contributed by atoms with Gasteiger partial charge in [-0.2, -0.15) is 0 Å². The van der Waals surface area contributed by atoms with Gasteiger partial charge in [0, 0.05) is 49.4 Å². The molecule has 114 valence electrons. The van der Waals surface area contributed by atoms with Gasteiger partial charge in [-0.1, -0.05) is 5.16 Å². The molecule has 1 aliphatic rings. The van der Waals surface area contributed by atoms with Crippen LogP contribution in [-0.2, 0) is 26.1 Å². The zero-order valence-corrected chi connectivity index (χ0v) is 13.3. The fourth-order valence-corrected chi connectivity index (χ4v) is 3.54. The Kier molecular flexibility index (Phi) is 3.56. The third kappa shape index (κ3) is 2.71. The van der Waals surface area contributed by atoms with E-state index in [9.17, 15) is 0 Å². The fourth-order valence-electron chi connectivity index (χ4n) is 2.94. The highest BCUT2D eigenvalue weighted by Crippen LogP contribution is 2.24. The van der Waals surface area contributed by atoms with E-state index in [1.165, 1.54) is 5.56 Å². The van der Waals surface area contributed by atoms with E-state index in [-0.39, 0.29) is 0 Å². The Morgan fingerprint density at radius 1 is 1.27 bits per heavy atom. The number of fused-ring (bicyclic) bond motifs is 1. The Morgan fingerprint density at radius 3 is 2.91 bits per heavy atom. The van der Waals surface area contributed by atoms with Crippen molar-refractivity contribution in [2.75, 3.05) is 6.54 Å². The van der Waals surface area contributed by atoms with Crippen LogP contribution in [0.2, 0.25) is 0 Å². The number of hydrogen-bond donors (Lipinski definition) is 0. The Labute approximate surface area is 133 Å². The van der Waals surface area contributed by atoms with E-state index in [4.69, 9.17) is 4.52 Å². The van der Waals surface area contributed by atoms with Gasteiger partial charge >= 0.3 is 0 Å². The van der Waals surface area contributed by atoms with Gasteiger partial charge in [0.25, 0.3) is 0 Å². The van der Waals surface area contributed by atoms with E-state index >= 15 is 0 Å². The largest absolute Gasteiger partial charge is 0.361 e. The maximum atomic E-state index is 5.53. The molecule has 0 aromatic carbocycles. The molecule has 3 aromatic rings. The highest BCUT2D eigenvalue weighted by atomic mass is 32.1. The molecule has 0 bridgehead atoms. The molecule has 0 aliphatic carbocycles. The van der Waals surface area contributed by atoms with Crippen LogP contribution in [0.5, 0.6) is 0 Å². The molecule has 0 N–H and O–H groups in total. The molecule has 0 saturated heterocycles. The molecule has 0 spiro atoms. The summed E-state index contributed by atoms with van der Waals surface area (Å²) in [6.07, 6.45) is 5.04. The molecule has 22 heavy (non-hydrogen) atoms. The minimum Gasteiger partial charge on any atom is -0.361 e. The second-order valence-corrected chi connectivity index (χ2v) is 6.77. The van der Waals surface area contributed by atoms with Gasteiger partial charge in [0.05, 0.1) is 17.2 Å². The van der Waals surface area contributed by atoms with Crippen molar-refractivity contribution >= 4 is 11.3 Å². The van der Waals surface area contributed by atoms with Crippen LogP contribution in [0.1, 0.15) is 27.7 Å². The maximum Gasteiger partial charge on any atom is 0.142 e. The third-order valence-electron chi connectivity index (χ3n) is 4.04. The summed E-state index contributed by atoms with van der Waals surface area (Å²) in [5.41, 5.74) is 3.46. The first kappa shape index (κ1) is 13.7. The van der Waals surface area contributed by atoms with E-state index in [2.05, 4.69) is 44.3 Å². The Hall–Kier alpha value is -1.92.